The number of benzene rings is 1. The van der Waals surface area contributed by atoms with Crippen LogP contribution in [0, 0.1) is 11.6 Å². The van der Waals surface area contributed by atoms with Crippen LogP contribution < -0.4 is 0 Å². The topological polar surface area (TPSA) is 55.1 Å². The van der Waals surface area contributed by atoms with Gasteiger partial charge in [-0.3, -0.25) is 0 Å². The molecular weight excluding hydrogens is 287 g/mol. The maximum atomic E-state index is 13.2. The minimum atomic E-state index is -4.95. The second-order valence-electron chi connectivity index (χ2n) is 4.07. The summed E-state index contributed by atoms with van der Waals surface area (Å²) in [6.45, 7) is 0.986. The van der Waals surface area contributed by atoms with Crippen LogP contribution in [0.25, 0.3) is 11.0 Å². The van der Waals surface area contributed by atoms with Gasteiger partial charge in [-0.2, -0.15) is 13.2 Å². The van der Waals surface area contributed by atoms with Crippen LogP contribution >= 0.6 is 0 Å². The van der Waals surface area contributed by atoms with Gasteiger partial charge in [0.2, 0.25) is 5.82 Å². The van der Waals surface area contributed by atoms with Crippen molar-refractivity contribution < 1.29 is 31.9 Å². The van der Waals surface area contributed by atoms with E-state index in [1.807, 2.05) is 0 Å². The van der Waals surface area contributed by atoms with Gasteiger partial charge < -0.3 is 9.67 Å². The molecule has 1 atom stereocenters. The Kier molecular flexibility index (Phi) is 3.15. The first-order chi connectivity index (χ1) is 9.12. The first-order valence-corrected chi connectivity index (χ1v) is 5.30. The monoisotopic (exact) mass is 294 g/mol. The number of carbonyl (C=O) groups is 1. The zero-order chi connectivity index (χ0) is 15.2. The average Bonchev–Trinajstić information content (AvgIpc) is 2.67. The van der Waals surface area contributed by atoms with Crippen molar-refractivity contribution in [2.75, 3.05) is 0 Å². The number of halogens is 5. The summed E-state index contributed by atoms with van der Waals surface area (Å²) < 4.78 is 65.0. The summed E-state index contributed by atoms with van der Waals surface area (Å²) in [6.07, 6.45) is -4.95. The van der Waals surface area contributed by atoms with Crippen LogP contribution in [0.1, 0.15) is 18.8 Å². The molecule has 1 N–H and O–H groups in total. The van der Waals surface area contributed by atoms with Crippen molar-refractivity contribution in [1.82, 2.24) is 9.55 Å². The predicted octanol–water partition coefficient (Wildman–Crippen LogP) is 2.98. The molecule has 4 nitrogen and oxygen atoms in total. The van der Waals surface area contributed by atoms with E-state index in [0.29, 0.717) is 16.7 Å². The maximum Gasteiger partial charge on any atom is 0.449 e. The summed E-state index contributed by atoms with van der Waals surface area (Å²) in [4.78, 5) is 14.0. The lowest BCUT2D eigenvalue weighted by molar-refractivity contribution is -0.150. The molecule has 1 aromatic heterocycles. The SMILES string of the molecule is CC(C(=O)O)n1c(C(F)(F)F)nc2cc(F)c(F)cc21. The number of nitrogens with zero attached hydrogens (tertiary/aromatic N) is 2. The highest BCUT2D eigenvalue weighted by Crippen LogP contribution is 2.34. The van der Waals surface area contributed by atoms with Gasteiger partial charge in [0.05, 0.1) is 11.0 Å². The molecule has 1 unspecified atom stereocenters. The van der Waals surface area contributed by atoms with Gasteiger partial charge in [-0.05, 0) is 6.92 Å². The highest BCUT2D eigenvalue weighted by molar-refractivity contribution is 5.80. The minimum Gasteiger partial charge on any atom is -0.480 e. The van der Waals surface area contributed by atoms with Gasteiger partial charge in [0.1, 0.15) is 6.04 Å². The number of aliphatic carboxylic acids is 1. The second-order valence-corrected chi connectivity index (χ2v) is 4.07. The lowest BCUT2D eigenvalue weighted by Gasteiger charge is -2.15. The summed E-state index contributed by atoms with van der Waals surface area (Å²) >= 11 is 0. The molecule has 2 aromatic rings. The number of hydrogen-bond acceptors (Lipinski definition) is 2. The van der Waals surface area contributed by atoms with E-state index in [1.165, 1.54) is 0 Å². The average molecular weight is 294 g/mol. The number of carboxylic acid groups (broad SMARTS) is 1. The molecule has 9 heteroatoms. The van der Waals surface area contributed by atoms with Crippen molar-refractivity contribution >= 4 is 17.0 Å². The lowest BCUT2D eigenvalue weighted by Crippen LogP contribution is -2.22. The molecular formula is C11H7F5N2O2. The fourth-order valence-corrected chi connectivity index (χ4v) is 1.79. The Morgan fingerprint density at radius 2 is 1.85 bits per heavy atom. The molecule has 0 fully saturated rings. The first kappa shape index (κ1) is 14.2. The number of rotatable bonds is 2. The van der Waals surface area contributed by atoms with Gasteiger partial charge in [0, 0.05) is 12.1 Å². The third kappa shape index (κ3) is 2.19. The van der Waals surface area contributed by atoms with E-state index < -0.39 is 46.7 Å². The second kappa shape index (κ2) is 4.43. The van der Waals surface area contributed by atoms with Crippen LogP contribution in [0.3, 0.4) is 0 Å². The zero-order valence-corrected chi connectivity index (χ0v) is 9.87. The molecule has 1 aromatic carbocycles. The Morgan fingerprint density at radius 3 is 2.35 bits per heavy atom. The highest BCUT2D eigenvalue weighted by Gasteiger charge is 2.40. The largest absolute Gasteiger partial charge is 0.480 e. The predicted molar refractivity (Wildman–Crippen MR) is 57.0 cm³/mol. The summed E-state index contributed by atoms with van der Waals surface area (Å²) in [6, 6.07) is -0.654. The van der Waals surface area contributed by atoms with Crippen molar-refractivity contribution in [2.45, 2.75) is 19.1 Å². The smallest absolute Gasteiger partial charge is 0.449 e. The fourth-order valence-electron chi connectivity index (χ4n) is 1.79. The lowest BCUT2D eigenvalue weighted by atomic mass is 10.2. The molecule has 0 amide bonds. The van der Waals surface area contributed by atoms with Crippen LogP contribution in [0.5, 0.6) is 0 Å². The summed E-state index contributed by atoms with van der Waals surface area (Å²) in [5, 5.41) is 8.84. The van der Waals surface area contributed by atoms with Crippen LogP contribution in [-0.4, -0.2) is 20.6 Å². The maximum absolute atomic E-state index is 13.2. The summed E-state index contributed by atoms with van der Waals surface area (Å²) in [7, 11) is 0. The van der Waals surface area contributed by atoms with Crippen molar-refractivity contribution in [3.8, 4) is 0 Å². The molecule has 0 saturated heterocycles. The molecule has 0 spiro atoms. The fraction of sp³-hybridized carbons (Fsp3) is 0.273. The molecule has 2 rings (SSSR count). The van der Waals surface area contributed by atoms with Gasteiger partial charge in [0.25, 0.3) is 0 Å². The van der Waals surface area contributed by atoms with E-state index in [0.717, 1.165) is 6.92 Å². The normalized spacial score (nSPS) is 13.7. The van der Waals surface area contributed by atoms with E-state index >= 15 is 0 Å². The quantitative estimate of drug-likeness (QED) is 0.866. The standard InChI is InChI=1S/C11H7F5N2O2/c1-4(9(19)20)18-8-3-6(13)5(12)2-7(8)17-10(18)11(14,15)16/h2-4H,1H3,(H,19,20). The third-order valence-corrected chi connectivity index (χ3v) is 2.73. The van der Waals surface area contributed by atoms with E-state index in [1.54, 1.807) is 0 Å². The van der Waals surface area contributed by atoms with E-state index in [2.05, 4.69) is 4.98 Å². The van der Waals surface area contributed by atoms with Gasteiger partial charge in [-0.1, -0.05) is 0 Å². The molecule has 0 aliphatic carbocycles. The van der Waals surface area contributed by atoms with Crippen molar-refractivity contribution in [3.63, 3.8) is 0 Å². The Labute approximate surface area is 108 Å². The number of hydrogen-bond donors (Lipinski definition) is 1. The Bertz CT molecular complexity index is 692. The number of aromatic nitrogens is 2. The van der Waals surface area contributed by atoms with Gasteiger partial charge in [-0.25, -0.2) is 18.6 Å². The van der Waals surface area contributed by atoms with E-state index in [-0.39, 0.29) is 0 Å². The number of fused-ring (bicyclic) bond motifs is 1. The minimum absolute atomic E-state index is 0.320. The van der Waals surface area contributed by atoms with Gasteiger partial charge >= 0.3 is 12.1 Å². The molecule has 0 aliphatic heterocycles. The van der Waals surface area contributed by atoms with Crippen molar-refractivity contribution in [3.05, 3.63) is 29.6 Å². The van der Waals surface area contributed by atoms with Crippen LogP contribution in [0.15, 0.2) is 12.1 Å². The van der Waals surface area contributed by atoms with Crippen molar-refractivity contribution in [2.24, 2.45) is 0 Å². The molecule has 20 heavy (non-hydrogen) atoms. The molecule has 0 saturated carbocycles. The molecule has 108 valence electrons. The van der Waals surface area contributed by atoms with Gasteiger partial charge in [-0.15, -0.1) is 0 Å². The molecule has 0 radical (unpaired) electrons. The van der Waals surface area contributed by atoms with Crippen molar-refractivity contribution in [1.29, 1.82) is 0 Å². The Morgan fingerprint density at radius 1 is 1.30 bits per heavy atom. The van der Waals surface area contributed by atoms with E-state index in [9.17, 15) is 26.7 Å². The Balaban J connectivity index is 2.85. The molecule has 0 bridgehead atoms. The van der Waals surface area contributed by atoms with Crippen LogP contribution in [0.4, 0.5) is 22.0 Å². The summed E-state index contributed by atoms with van der Waals surface area (Å²) in [5.74, 6) is -5.82. The Hall–Kier alpha value is -2.19. The van der Waals surface area contributed by atoms with Crippen LogP contribution in [0.2, 0.25) is 0 Å². The first-order valence-electron chi connectivity index (χ1n) is 5.30. The zero-order valence-electron chi connectivity index (χ0n) is 9.87. The highest BCUT2D eigenvalue weighted by atomic mass is 19.4. The van der Waals surface area contributed by atoms with Crippen LogP contribution in [-0.2, 0) is 11.0 Å². The number of alkyl halides is 3. The molecule has 1 heterocycles. The summed E-state index contributed by atoms with van der Waals surface area (Å²) in [5.41, 5.74) is -0.907. The van der Waals surface area contributed by atoms with Gasteiger partial charge in [0.15, 0.2) is 11.6 Å². The van der Waals surface area contributed by atoms with E-state index in [4.69, 9.17) is 5.11 Å². The number of imidazole rings is 1. The third-order valence-electron chi connectivity index (χ3n) is 2.73. The molecule has 0 aliphatic rings. The number of carboxylic acids is 1.